The zero-order chi connectivity index (χ0) is 11.7. The van der Waals surface area contributed by atoms with E-state index < -0.39 is 0 Å². The lowest BCUT2D eigenvalue weighted by atomic mass is 9.66. The summed E-state index contributed by atoms with van der Waals surface area (Å²) in [6.07, 6.45) is 7.85. The van der Waals surface area contributed by atoms with E-state index in [0.717, 1.165) is 30.6 Å². The fraction of sp³-hybridized carbons (Fsp3) is 0.333. The van der Waals surface area contributed by atoms with Gasteiger partial charge in [0.05, 0.1) is 11.5 Å². The summed E-state index contributed by atoms with van der Waals surface area (Å²) in [5.41, 5.74) is 0.712. The lowest BCUT2D eigenvalue weighted by molar-refractivity contribution is 0.323. The number of nitriles is 1. The van der Waals surface area contributed by atoms with Crippen molar-refractivity contribution in [1.29, 1.82) is 5.26 Å². The molecule has 3 rings (SSSR count). The SMILES string of the molecule is N#CC1(c2ccc(-n3cncn3)nc2)CCC1. The van der Waals surface area contributed by atoms with Crippen molar-refractivity contribution in [2.45, 2.75) is 24.7 Å². The molecule has 0 saturated heterocycles. The van der Waals surface area contributed by atoms with Gasteiger partial charge in [0.2, 0.25) is 0 Å². The van der Waals surface area contributed by atoms with Crippen molar-refractivity contribution in [2.75, 3.05) is 0 Å². The predicted molar refractivity (Wildman–Crippen MR) is 60.3 cm³/mol. The fourth-order valence-corrected chi connectivity index (χ4v) is 2.13. The molecule has 0 unspecified atom stereocenters. The standard InChI is InChI=1S/C12H11N5/c13-7-12(4-1-5-12)10-2-3-11(15-6-10)17-9-14-8-16-17/h2-3,6,8-9H,1,4-5H2. The molecule has 5 heteroatoms. The zero-order valence-corrected chi connectivity index (χ0v) is 9.24. The van der Waals surface area contributed by atoms with Crippen molar-refractivity contribution in [3.05, 3.63) is 36.5 Å². The largest absolute Gasteiger partial charge is 0.237 e. The van der Waals surface area contributed by atoms with Crippen LogP contribution in [0.5, 0.6) is 0 Å². The van der Waals surface area contributed by atoms with Crippen LogP contribution in [-0.2, 0) is 5.41 Å². The van der Waals surface area contributed by atoms with Crippen molar-refractivity contribution in [3.8, 4) is 11.9 Å². The van der Waals surface area contributed by atoms with Crippen LogP contribution in [0, 0.1) is 11.3 Å². The van der Waals surface area contributed by atoms with Gasteiger partial charge in [0, 0.05) is 6.20 Å². The third-order valence-electron chi connectivity index (χ3n) is 3.38. The number of pyridine rings is 1. The van der Waals surface area contributed by atoms with Gasteiger partial charge in [-0.1, -0.05) is 6.07 Å². The molecule has 1 saturated carbocycles. The van der Waals surface area contributed by atoms with Crippen LogP contribution in [0.15, 0.2) is 31.0 Å². The van der Waals surface area contributed by atoms with Crippen LogP contribution < -0.4 is 0 Å². The summed E-state index contributed by atoms with van der Waals surface area (Å²) in [5, 5.41) is 13.2. The van der Waals surface area contributed by atoms with Crippen LogP contribution in [0.3, 0.4) is 0 Å². The van der Waals surface area contributed by atoms with Gasteiger partial charge in [-0.3, -0.25) is 0 Å². The zero-order valence-electron chi connectivity index (χ0n) is 9.24. The summed E-state index contributed by atoms with van der Waals surface area (Å²) in [6.45, 7) is 0. The summed E-state index contributed by atoms with van der Waals surface area (Å²) in [4.78, 5) is 8.20. The van der Waals surface area contributed by atoms with Gasteiger partial charge < -0.3 is 0 Å². The molecule has 5 nitrogen and oxygen atoms in total. The molecule has 0 N–H and O–H groups in total. The molecule has 0 bridgehead atoms. The topological polar surface area (TPSA) is 67.4 Å². The average Bonchev–Trinajstić information content (AvgIpc) is 2.83. The van der Waals surface area contributed by atoms with Crippen LogP contribution in [0.2, 0.25) is 0 Å². The van der Waals surface area contributed by atoms with E-state index >= 15 is 0 Å². The van der Waals surface area contributed by atoms with E-state index in [2.05, 4.69) is 21.1 Å². The minimum Gasteiger partial charge on any atom is -0.237 e. The summed E-state index contributed by atoms with van der Waals surface area (Å²) < 4.78 is 1.60. The highest BCUT2D eigenvalue weighted by molar-refractivity contribution is 5.36. The first-order valence-electron chi connectivity index (χ1n) is 5.57. The molecule has 84 valence electrons. The molecule has 1 aliphatic rings. The molecule has 2 aromatic rings. The van der Waals surface area contributed by atoms with Crippen molar-refractivity contribution >= 4 is 0 Å². The average molecular weight is 225 g/mol. The van der Waals surface area contributed by atoms with E-state index in [0.29, 0.717) is 0 Å². The maximum atomic E-state index is 9.24. The smallest absolute Gasteiger partial charge is 0.155 e. The molecule has 0 atom stereocenters. The van der Waals surface area contributed by atoms with Gasteiger partial charge in [-0.25, -0.2) is 14.6 Å². The van der Waals surface area contributed by atoms with Crippen molar-refractivity contribution in [1.82, 2.24) is 19.7 Å². The van der Waals surface area contributed by atoms with E-state index in [4.69, 9.17) is 0 Å². The maximum Gasteiger partial charge on any atom is 0.155 e. The first-order valence-corrected chi connectivity index (χ1v) is 5.57. The number of rotatable bonds is 2. The Kier molecular flexibility index (Phi) is 2.15. The highest BCUT2D eigenvalue weighted by Gasteiger charge is 2.39. The normalized spacial score (nSPS) is 17.1. The van der Waals surface area contributed by atoms with Crippen molar-refractivity contribution < 1.29 is 0 Å². The van der Waals surface area contributed by atoms with Crippen LogP contribution in [0.1, 0.15) is 24.8 Å². The molecule has 17 heavy (non-hydrogen) atoms. The molecule has 0 spiro atoms. The van der Waals surface area contributed by atoms with Gasteiger partial charge in [-0.15, -0.1) is 0 Å². The Morgan fingerprint density at radius 2 is 2.24 bits per heavy atom. The molecule has 1 fully saturated rings. The van der Waals surface area contributed by atoms with E-state index in [9.17, 15) is 5.26 Å². The Morgan fingerprint density at radius 3 is 2.71 bits per heavy atom. The number of hydrogen-bond donors (Lipinski definition) is 0. The molecule has 0 amide bonds. The van der Waals surface area contributed by atoms with Crippen molar-refractivity contribution in [3.63, 3.8) is 0 Å². The van der Waals surface area contributed by atoms with Crippen LogP contribution in [-0.4, -0.2) is 19.7 Å². The van der Waals surface area contributed by atoms with Crippen LogP contribution >= 0.6 is 0 Å². The summed E-state index contributed by atoms with van der Waals surface area (Å²) >= 11 is 0. The van der Waals surface area contributed by atoms with E-state index in [1.807, 2.05) is 12.1 Å². The number of nitrogens with zero attached hydrogens (tertiary/aromatic N) is 5. The molecule has 0 aromatic carbocycles. The minimum absolute atomic E-state index is 0.298. The van der Waals surface area contributed by atoms with Gasteiger partial charge in [0.25, 0.3) is 0 Å². The van der Waals surface area contributed by atoms with Gasteiger partial charge in [0.15, 0.2) is 5.82 Å². The molecule has 0 aliphatic heterocycles. The molecule has 2 heterocycles. The highest BCUT2D eigenvalue weighted by atomic mass is 15.3. The molecule has 2 aromatic heterocycles. The second-order valence-corrected chi connectivity index (χ2v) is 4.29. The first-order chi connectivity index (χ1) is 8.34. The van der Waals surface area contributed by atoms with Crippen LogP contribution in [0.4, 0.5) is 0 Å². The predicted octanol–water partition coefficient (Wildman–Crippen LogP) is 1.61. The van der Waals surface area contributed by atoms with Gasteiger partial charge in [-0.05, 0) is 30.9 Å². The van der Waals surface area contributed by atoms with E-state index in [-0.39, 0.29) is 5.41 Å². The van der Waals surface area contributed by atoms with Crippen molar-refractivity contribution in [2.24, 2.45) is 0 Å². The van der Waals surface area contributed by atoms with Gasteiger partial charge >= 0.3 is 0 Å². The third-order valence-corrected chi connectivity index (χ3v) is 3.38. The maximum absolute atomic E-state index is 9.24. The number of aromatic nitrogens is 4. The Balaban J connectivity index is 1.93. The molecular formula is C12H11N5. The van der Waals surface area contributed by atoms with E-state index in [1.165, 1.54) is 6.33 Å². The van der Waals surface area contributed by atoms with Gasteiger partial charge in [-0.2, -0.15) is 10.4 Å². The summed E-state index contributed by atoms with van der Waals surface area (Å²) in [6, 6.07) is 6.25. The quantitative estimate of drug-likeness (QED) is 0.778. The fourth-order valence-electron chi connectivity index (χ4n) is 2.13. The summed E-state index contributed by atoms with van der Waals surface area (Å²) in [5.74, 6) is 0.721. The lowest BCUT2D eigenvalue weighted by Crippen LogP contribution is -2.32. The molecule has 0 radical (unpaired) electrons. The Hall–Kier alpha value is -2.22. The molecule has 1 aliphatic carbocycles. The third kappa shape index (κ3) is 1.49. The van der Waals surface area contributed by atoms with Crippen LogP contribution in [0.25, 0.3) is 5.82 Å². The number of hydrogen-bond acceptors (Lipinski definition) is 4. The monoisotopic (exact) mass is 225 g/mol. The summed E-state index contributed by atoms with van der Waals surface area (Å²) in [7, 11) is 0. The molecular weight excluding hydrogens is 214 g/mol. The second kappa shape index (κ2) is 3.67. The van der Waals surface area contributed by atoms with E-state index in [1.54, 1.807) is 17.2 Å². The first kappa shape index (κ1) is 9.97. The minimum atomic E-state index is -0.298. The van der Waals surface area contributed by atoms with Gasteiger partial charge in [0.1, 0.15) is 12.7 Å². The Bertz CT molecular complexity index is 546. The lowest BCUT2D eigenvalue weighted by Gasteiger charge is -2.35. The Morgan fingerprint density at radius 1 is 1.35 bits per heavy atom. The highest BCUT2D eigenvalue weighted by Crippen LogP contribution is 2.42. The Labute approximate surface area is 98.7 Å². The second-order valence-electron chi connectivity index (χ2n) is 4.29.